The lowest BCUT2D eigenvalue weighted by Gasteiger charge is -2.17. The van der Waals surface area contributed by atoms with Crippen LogP contribution in [0.2, 0.25) is 0 Å². The molecule has 3 aromatic rings. The van der Waals surface area contributed by atoms with Gasteiger partial charge in [0.15, 0.2) is 0 Å². The number of thiophene rings is 1. The van der Waals surface area contributed by atoms with E-state index >= 15 is 0 Å². The Morgan fingerprint density at radius 2 is 2.07 bits per heavy atom. The van der Waals surface area contributed by atoms with Crippen molar-refractivity contribution in [3.05, 3.63) is 64.7 Å². The summed E-state index contributed by atoms with van der Waals surface area (Å²) in [5, 5.41) is 6.91. The fourth-order valence-corrected chi connectivity index (χ4v) is 3.79. The van der Waals surface area contributed by atoms with Gasteiger partial charge in [0.1, 0.15) is 0 Å². The minimum absolute atomic E-state index is 0.113. The average molecular weight is 408 g/mol. The van der Waals surface area contributed by atoms with Crippen LogP contribution in [0.4, 0.5) is 13.2 Å². The van der Waals surface area contributed by atoms with Crippen LogP contribution in [0.25, 0.3) is 10.6 Å². The predicted octanol–water partition coefficient (Wildman–Crippen LogP) is 3.47. The van der Waals surface area contributed by atoms with Crippen molar-refractivity contribution < 1.29 is 18.0 Å². The molecule has 5 nitrogen and oxygen atoms in total. The zero-order valence-corrected chi connectivity index (χ0v) is 15.8. The smallest absolute Gasteiger partial charge is 0.347 e. The van der Waals surface area contributed by atoms with E-state index in [0.717, 1.165) is 22.7 Å². The molecule has 2 aromatic heterocycles. The molecule has 1 aromatic carbocycles. The Balaban J connectivity index is 1.69. The van der Waals surface area contributed by atoms with Gasteiger partial charge in [0, 0.05) is 25.8 Å². The maximum absolute atomic E-state index is 12.9. The summed E-state index contributed by atoms with van der Waals surface area (Å²) in [5.74, 6) is -0.305. The lowest BCUT2D eigenvalue weighted by Crippen LogP contribution is -2.41. The fraction of sp³-hybridized carbons (Fsp3) is 0.263. The van der Waals surface area contributed by atoms with Gasteiger partial charge >= 0.3 is 6.18 Å². The number of hydrogen-bond acceptors (Lipinski definition) is 4. The van der Waals surface area contributed by atoms with Gasteiger partial charge in [-0.1, -0.05) is 18.2 Å². The Bertz CT molecular complexity index is 964. The van der Waals surface area contributed by atoms with E-state index in [9.17, 15) is 18.0 Å². The van der Waals surface area contributed by atoms with Crippen molar-refractivity contribution >= 4 is 17.2 Å². The number of aryl methyl sites for hydroxylation is 1. The first-order valence-electron chi connectivity index (χ1n) is 8.53. The standard InChI is InChI=1S/C19H19F3N4OS/c1-26-15(7-8-24-26)16-5-6-17(28-16)18(27)25-14(11-23)10-12-3-2-4-13(9-12)19(20,21)22/h2-9,14H,10-11,23H2,1H3,(H,25,27)/t14-/m0/s1. The number of aromatic nitrogens is 2. The van der Waals surface area contributed by atoms with Gasteiger partial charge in [-0.25, -0.2) is 0 Å². The second kappa shape index (κ2) is 8.15. The van der Waals surface area contributed by atoms with Gasteiger partial charge in [-0.15, -0.1) is 11.3 Å². The summed E-state index contributed by atoms with van der Waals surface area (Å²) in [6, 6.07) is 9.97. The molecule has 148 valence electrons. The van der Waals surface area contributed by atoms with Gasteiger partial charge in [-0.3, -0.25) is 9.48 Å². The van der Waals surface area contributed by atoms with Gasteiger partial charge in [0.25, 0.3) is 5.91 Å². The highest BCUT2D eigenvalue weighted by Gasteiger charge is 2.30. The number of alkyl halides is 3. The Kier molecular flexibility index (Phi) is 5.85. The van der Waals surface area contributed by atoms with Crippen molar-refractivity contribution in [1.82, 2.24) is 15.1 Å². The van der Waals surface area contributed by atoms with Gasteiger partial charge < -0.3 is 11.1 Å². The number of carbonyl (C=O) groups excluding carboxylic acids is 1. The quantitative estimate of drug-likeness (QED) is 0.656. The summed E-state index contributed by atoms with van der Waals surface area (Å²) in [6.07, 6.45) is -2.52. The van der Waals surface area contributed by atoms with Crippen molar-refractivity contribution in [1.29, 1.82) is 0 Å². The summed E-state index contributed by atoms with van der Waals surface area (Å²) in [6.45, 7) is 0.113. The normalized spacial score (nSPS) is 12.8. The minimum Gasteiger partial charge on any atom is -0.347 e. The number of benzene rings is 1. The molecule has 3 rings (SSSR count). The molecule has 0 saturated carbocycles. The number of carbonyl (C=O) groups is 1. The van der Waals surface area contributed by atoms with E-state index < -0.39 is 17.8 Å². The van der Waals surface area contributed by atoms with E-state index in [1.807, 2.05) is 19.2 Å². The highest BCUT2D eigenvalue weighted by molar-refractivity contribution is 7.17. The third kappa shape index (κ3) is 4.60. The first kappa shape index (κ1) is 20.1. The van der Waals surface area contributed by atoms with E-state index in [0.29, 0.717) is 10.4 Å². The van der Waals surface area contributed by atoms with Gasteiger partial charge in [0.2, 0.25) is 0 Å². The molecule has 0 fully saturated rings. The topological polar surface area (TPSA) is 72.9 Å². The number of nitrogens with zero attached hydrogens (tertiary/aromatic N) is 2. The number of nitrogens with one attached hydrogen (secondary N) is 1. The highest BCUT2D eigenvalue weighted by Crippen LogP contribution is 2.30. The molecule has 0 radical (unpaired) electrons. The SMILES string of the molecule is Cn1nccc1-c1ccc(C(=O)N[C@H](CN)Cc2cccc(C(F)(F)F)c2)s1. The third-order valence-corrected chi connectivity index (χ3v) is 5.37. The van der Waals surface area contributed by atoms with Crippen LogP contribution in [0, 0.1) is 0 Å². The van der Waals surface area contributed by atoms with Crippen molar-refractivity contribution in [2.45, 2.75) is 18.6 Å². The van der Waals surface area contributed by atoms with Crippen LogP contribution in [0.3, 0.4) is 0 Å². The molecule has 3 N–H and O–H groups in total. The Labute approximate surface area is 164 Å². The van der Waals surface area contributed by atoms with Gasteiger partial charge in [0.05, 0.1) is 21.0 Å². The van der Waals surface area contributed by atoms with Crippen LogP contribution in [0.5, 0.6) is 0 Å². The molecule has 0 bridgehead atoms. The molecule has 0 unspecified atom stereocenters. The molecule has 0 aliphatic carbocycles. The van der Waals surface area contributed by atoms with Crippen LogP contribution < -0.4 is 11.1 Å². The molecular weight excluding hydrogens is 389 g/mol. The first-order valence-corrected chi connectivity index (χ1v) is 9.35. The second-order valence-electron chi connectivity index (χ2n) is 6.31. The summed E-state index contributed by atoms with van der Waals surface area (Å²) in [7, 11) is 1.81. The second-order valence-corrected chi connectivity index (χ2v) is 7.40. The van der Waals surface area contributed by atoms with Crippen LogP contribution in [-0.4, -0.2) is 28.3 Å². The van der Waals surface area contributed by atoms with E-state index in [2.05, 4.69) is 10.4 Å². The molecule has 1 atom stereocenters. The van der Waals surface area contributed by atoms with E-state index in [-0.39, 0.29) is 18.9 Å². The third-order valence-electron chi connectivity index (χ3n) is 4.26. The number of hydrogen-bond donors (Lipinski definition) is 2. The fourth-order valence-electron chi connectivity index (χ4n) is 2.82. The minimum atomic E-state index is -4.41. The maximum atomic E-state index is 12.9. The van der Waals surface area contributed by atoms with Crippen molar-refractivity contribution in [2.24, 2.45) is 12.8 Å². The zero-order chi connectivity index (χ0) is 20.3. The molecule has 0 aliphatic heterocycles. The van der Waals surface area contributed by atoms with Crippen LogP contribution in [0.1, 0.15) is 20.8 Å². The molecule has 1 amide bonds. The van der Waals surface area contributed by atoms with E-state index in [1.165, 1.54) is 17.4 Å². The molecule has 2 heterocycles. The first-order chi connectivity index (χ1) is 13.3. The zero-order valence-electron chi connectivity index (χ0n) is 15.0. The maximum Gasteiger partial charge on any atom is 0.416 e. The molecule has 28 heavy (non-hydrogen) atoms. The van der Waals surface area contributed by atoms with E-state index in [1.54, 1.807) is 23.0 Å². The summed E-state index contributed by atoms with van der Waals surface area (Å²) in [5.41, 5.74) is 6.37. The number of amides is 1. The van der Waals surface area contributed by atoms with Crippen LogP contribution >= 0.6 is 11.3 Å². The van der Waals surface area contributed by atoms with Crippen molar-refractivity contribution in [3.8, 4) is 10.6 Å². The lowest BCUT2D eigenvalue weighted by molar-refractivity contribution is -0.137. The number of halogens is 3. The van der Waals surface area contributed by atoms with Crippen molar-refractivity contribution in [3.63, 3.8) is 0 Å². The Hall–Kier alpha value is -2.65. The largest absolute Gasteiger partial charge is 0.416 e. The summed E-state index contributed by atoms with van der Waals surface area (Å²) in [4.78, 5) is 13.9. The summed E-state index contributed by atoms with van der Waals surface area (Å²) >= 11 is 1.32. The van der Waals surface area contributed by atoms with E-state index in [4.69, 9.17) is 5.73 Å². The van der Waals surface area contributed by atoms with Crippen LogP contribution in [-0.2, 0) is 19.6 Å². The Morgan fingerprint density at radius 3 is 2.71 bits per heavy atom. The number of nitrogens with two attached hydrogens (primary N) is 1. The molecule has 0 aliphatic rings. The lowest BCUT2D eigenvalue weighted by atomic mass is 10.0. The van der Waals surface area contributed by atoms with Crippen LogP contribution in [0.15, 0.2) is 48.7 Å². The monoisotopic (exact) mass is 408 g/mol. The summed E-state index contributed by atoms with van der Waals surface area (Å²) < 4.78 is 40.3. The number of rotatable bonds is 6. The molecule has 9 heteroatoms. The molecular formula is C19H19F3N4OS. The average Bonchev–Trinajstić information content (AvgIpc) is 3.29. The Morgan fingerprint density at radius 1 is 1.29 bits per heavy atom. The van der Waals surface area contributed by atoms with Crippen molar-refractivity contribution in [2.75, 3.05) is 6.54 Å². The van der Waals surface area contributed by atoms with Gasteiger partial charge in [-0.2, -0.15) is 18.3 Å². The molecule has 0 saturated heterocycles. The van der Waals surface area contributed by atoms with Gasteiger partial charge in [-0.05, 0) is 36.2 Å². The highest BCUT2D eigenvalue weighted by atomic mass is 32.1. The molecule has 0 spiro atoms. The predicted molar refractivity (Wildman–Crippen MR) is 102 cm³/mol.